The van der Waals surface area contributed by atoms with E-state index in [1.807, 2.05) is 0 Å². The van der Waals surface area contributed by atoms with Crippen molar-refractivity contribution in [1.82, 2.24) is 0 Å². The van der Waals surface area contributed by atoms with Crippen molar-refractivity contribution in [3.63, 3.8) is 0 Å². The van der Waals surface area contributed by atoms with Gasteiger partial charge in [-0.15, -0.1) is 0 Å². The van der Waals surface area contributed by atoms with Crippen molar-refractivity contribution >= 4 is 5.69 Å². The van der Waals surface area contributed by atoms with E-state index in [2.05, 4.69) is 43.4 Å². The largest absolute Gasteiger partial charge is 0.384 e. The van der Waals surface area contributed by atoms with Crippen molar-refractivity contribution < 1.29 is 4.74 Å². The molecule has 0 fully saturated rings. The Morgan fingerprint density at radius 2 is 1.88 bits per heavy atom. The molecule has 0 bridgehead atoms. The van der Waals surface area contributed by atoms with E-state index in [4.69, 9.17) is 4.74 Å². The highest BCUT2D eigenvalue weighted by atomic mass is 16.5. The highest BCUT2D eigenvalue weighted by Gasteiger charge is 2.06. The van der Waals surface area contributed by atoms with Crippen molar-refractivity contribution in [2.45, 2.75) is 39.2 Å². The van der Waals surface area contributed by atoms with Crippen LogP contribution < -0.4 is 5.32 Å². The van der Waals surface area contributed by atoms with Crippen LogP contribution in [0.15, 0.2) is 24.3 Å². The Kier molecular flexibility index (Phi) is 5.94. The summed E-state index contributed by atoms with van der Waals surface area (Å²) in [4.78, 5) is 0. The predicted octanol–water partition coefficient (Wildman–Crippen LogP) is 3.48. The minimum absolute atomic E-state index is 0.573. The van der Waals surface area contributed by atoms with Crippen molar-refractivity contribution in [3.8, 4) is 0 Å². The van der Waals surface area contributed by atoms with Gasteiger partial charge in [-0.25, -0.2) is 0 Å². The maximum atomic E-state index is 5.13. The number of hydrogen-bond acceptors (Lipinski definition) is 2. The van der Waals surface area contributed by atoms with Gasteiger partial charge >= 0.3 is 0 Å². The second kappa shape index (κ2) is 7.29. The minimum atomic E-state index is 0.573. The quantitative estimate of drug-likeness (QED) is 0.761. The van der Waals surface area contributed by atoms with Crippen molar-refractivity contribution in [3.05, 3.63) is 29.8 Å². The maximum absolute atomic E-state index is 5.13. The van der Waals surface area contributed by atoms with Gasteiger partial charge in [0.1, 0.15) is 0 Å². The van der Waals surface area contributed by atoms with Crippen LogP contribution in [0, 0.1) is 0 Å². The zero-order chi connectivity index (χ0) is 11.8. The minimum Gasteiger partial charge on any atom is -0.384 e. The van der Waals surface area contributed by atoms with E-state index in [1.165, 1.54) is 11.3 Å². The van der Waals surface area contributed by atoms with Crippen LogP contribution >= 0.6 is 0 Å². The lowest BCUT2D eigenvalue weighted by atomic mass is 10.1. The van der Waals surface area contributed by atoms with Crippen LogP contribution in [0.5, 0.6) is 0 Å². The number of hydrogen-bond donors (Lipinski definition) is 1. The van der Waals surface area contributed by atoms with Crippen LogP contribution in [-0.4, -0.2) is 19.8 Å². The van der Waals surface area contributed by atoms with Gasteiger partial charge < -0.3 is 10.1 Å². The molecule has 0 amide bonds. The smallest absolute Gasteiger partial charge is 0.0503 e. The molecular formula is C14H23NO. The topological polar surface area (TPSA) is 21.3 Å². The number of ether oxygens (including phenoxy) is 1. The second-order valence-electron chi connectivity index (χ2n) is 4.06. The molecule has 0 aliphatic carbocycles. The number of anilines is 1. The molecule has 90 valence electrons. The Labute approximate surface area is 99.0 Å². The van der Waals surface area contributed by atoms with Gasteiger partial charge in [0.05, 0.1) is 6.61 Å². The van der Waals surface area contributed by atoms with Crippen LogP contribution in [0.1, 0.15) is 32.3 Å². The Morgan fingerprint density at radius 3 is 2.50 bits per heavy atom. The lowest BCUT2D eigenvalue weighted by molar-refractivity contribution is 0.202. The molecule has 1 aromatic carbocycles. The summed E-state index contributed by atoms with van der Waals surface area (Å²) in [7, 11) is 1.75. The Morgan fingerprint density at radius 1 is 1.19 bits per heavy atom. The van der Waals surface area contributed by atoms with Crippen molar-refractivity contribution in [2.24, 2.45) is 0 Å². The first-order valence-electron chi connectivity index (χ1n) is 6.15. The molecule has 0 atom stereocenters. The van der Waals surface area contributed by atoms with Crippen LogP contribution in [-0.2, 0) is 11.2 Å². The highest BCUT2D eigenvalue weighted by molar-refractivity contribution is 5.51. The molecule has 0 spiro atoms. The summed E-state index contributed by atoms with van der Waals surface area (Å²) in [5, 5.41) is 3.60. The van der Waals surface area contributed by atoms with Gasteiger partial charge in [-0.3, -0.25) is 0 Å². The predicted molar refractivity (Wildman–Crippen MR) is 70.0 cm³/mol. The fourth-order valence-electron chi connectivity index (χ4n) is 1.80. The molecule has 2 heteroatoms. The highest BCUT2D eigenvalue weighted by Crippen LogP contribution is 2.18. The first-order valence-corrected chi connectivity index (χ1v) is 6.15. The summed E-state index contributed by atoms with van der Waals surface area (Å²) in [6, 6.07) is 9.07. The molecule has 0 aliphatic heterocycles. The molecule has 0 unspecified atom stereocenters. The molecule has 0 saturated carbocycles. The molecule has 0 heterocycles. The SMILES string of the molecule is CCC(CC)Nc1ccccc1CCOC. The molecule has 0 radical (unpaired) electrons. The van der Waals surface area contributed by atoms with Gasteiger partial charge in [-0.05, 0) is 30.9 Å². The zero-order valence-corrected chi connectivity index (χ0v) is 10.6. The lowest BCUT2D eigenvalue weighted by Crippen LogP contribution is -2.18. The van der Waals surface area contributed by atoms with Crippen molar-refractivity contribution in [1.29, 1.82) is 0 Å². The van der Waals surface area contributed by atoms with Gasteiger partial charge in [0.25, 0.3) is 0 Å². The average Bonchev–Trinajstić information content (AvgIpc) is 2.34. The van der Waals surface area contributed by atoms with Crippen LogP contribution in [0.4, 0.5) is 5.69 Å². The Hall–Kier alpha value is -1.02. The van der Waals surface area contributed by atoms with Crippen LogP contribution in [0.2, 0.25) is 0 Å². The first kappa shape index (κ1) is 13.0. The summed E-state index contributed by atoms with van der Waals surface area (Å²) >= 11 is 0. The summed E-state index contributed by atoms with van der Waals surface area (Å²) in [5.41, 5.74) is 2.60. The maximum Gasteiger partial charge on any atom is 0.0503 e. The number of rotatable bonds is 7. The summed E-state index contributed by atoms with van der Waals surface area (Å²) in [6.45, 7) is 5.22. The van der Waals surface area contributed by atoms with Crippen LogP contribution in [0.3, 0.4) is 0 Å². The lowest BCUT2D eigenvalue weighted by Gasteiger charge is -2.19. The molecule has 0 saturated heterocycles. The van der Waals surface area contributed by atoms with Crippen molar-refractivity contribution in [2.75, 3.05) is 19.0 Å². The van der Waals surface area contributed by atoms with E-state index >= 15 is 0 Å². The third-order valence-corrected chi connectivity index (χ3v) is 2.94. The summed E-state index contributed by atoms with van der Waals surface area (Å²) in [5.74, 6) is 0. The van der Waals surface area contributed by atoms with E-state index in [0.29, 0.717) is 6.04 Å². The second-order valence-corrected chi connectivity index (χ2v) is 4.06. The molecule has 0 aliphatic rings. The molecule has 1 N–H and O–H groups in total. The van der Waals surface area contributed by atoms with Gasteiger partial charge in [-0.1, -0.05) is 32.0 Å². The molecule has 1 rings (SSSR count). The number of para-hydroxylation sites is 1. The third kappa shape index (κ3) is 3.86. The Bertz CT molecular complexity index is 295. The van der Waals surface area contributed by atoms with Crippen LogP contribution in [0.25, 0.3) is 0 Å². The molecular weight excluding hydrogens is 198 g/mol. The fraction of sp³-hybridized carbons (Fsp3) is 0.571. The molecule has 0 aromatic heterocycles. The normalized spacial score (nSPS) is 10.8. The summed E-state index contributed by atoms with van der Waals surface area (Å²) < 4.78 is 5.13. The van der Waals surface area contributed by atoms with E-state index in [9.17, 15) is 0 Å². The zero-order valence-electron chi connectivity index (χ0n) is 10.6. The fourth-order valence-corrected chi connectivity index (χ4v) is 1.80. The number of nitrogens with one attached hydrogen (secondary N) is 1. The summed E-state index contributed by atoms with van der Waals surface area (Å²) in [6.07, 6.45) is 3.30. The molecule has 16 heavy (non-hydrogen) atoms. The standard InChI is InChI=1S/C14H23NO/c1-4-13(5-2)15-14-9-7-6-8-12(14)10-11-16-3/h6-9,13,15H,4-5,10-11H2,1-3H3. The Balaban J connectivity index is 2.69. The van der Waals surface area contributed by atoms with Gasteiger partial charge in [0.2, 0.25) is 0 Å². The van der Waals surface area contributed by atoms with E-state index in [0.717, 1.165) is 25.9 Å². The number of benzene rings is 1. The van der Waals surface area contributed by atoms with Gasteiger partial charge in [0, 0.05) is 18.8 Å². The average molecular weight is 221 g/mol. The number of methoxy groups -OCH3 is 1. The van der Waals surface area contributed by atoms with E-state index < -0.39 is 0 Å². The van der Waals surface area contributed by atoms with E-state index in [-0.39, 0.29) is 0 Å². The van der Waals surface area contributed by atoms with E-state index in [1.54, 1.807) is 7.11 Å². The molecule has 1 aromatic rings. The molecule has 2 nitrogen and oxygen atoms in total. The monoisotopic (exact) mass is 221 g/mol. The van der Waals surface area contributed by atoms with Gasteiger partial charge in [0.15, 0.2) is 0 Å². The third-order valence-electron chi connectivity index (χ3n) is 2.94. The first-order chi connectivity index (χ1) is 7.81. The van der Waals surface area contributed by atoms with Gasteiger partial charge in [-0.2, -0.15) is 0 Å².